The fourth-order valence-corrected chi connectivity index (χ4v) is 2.36. The number of hydrogen-bond acceptors (Lipinski definition) is 3. The van der Waals surface area contributed by atoms with Gasteiger partial charge < -0.3 is 11.1 Å². The molecule has 1 aliphatic carbocycles. The molecule has 88 valence electrons. The summed E-state index contributed by atoms with van der Waals surface area (Å²) in [7, 11) is 0. The first-order valence-corrected chi connectivity index (χ1v) is 6.64. The molecule has 0 amide bonds. The molecule has 0 aromatic carbocycles. The zero-order chi connectivity index (χ0) is 11.4. The first-order valence-electron chi connectivity index (χ1n) is 5.85. The number of pyridine rings is 1. The van der Waals surface area contributed by atoms with E-state index in [0.717, 1.165) is 22.8 Å². The fourth-order valence-electron chi connectivity index (χ4n) is 2.12. The van der Waals surface area contributed by atoms with Gasteiger partial charge >= 0.3 is 0 Å². The molecule has 1 aliphatic rings. The molecule has 0 bridgehead atoms. The van der Waals surface area contributed by atoms with Crippen molar-refractivity contribution in [1.82, 2.24) is 4.98 Å². The molecule has 1 aromatic heterocycles. The molecule has 2 rings (SSSR count). The summed E-state index contributed by atoms with van der Waals surface area (Å²) in [6.07, 6.45) is 6.63. The number of nitrogens with one attached hydrogen (secondary N) is 1. The van der Waals surface area contributed by atoms with E-state index < -0.39 is 0 Å². The predicted molar refractivity (Wildman–Crippen MR) is 70.4 cm³/mol. The maximum absolute atomic E-state index is 5.88. The zero-order valence-electron chi connectivity index (χ0n) is 9.32. The second kappa shape index (κ2) is 5.64. The van der Waals surface area contributed by atoms with Crippen LogP contribution >= 0.6 is 15.9 Å². The highest BCUT2D eigenvalue weighted by molar-refractivity contribution is 9.10. The van der Waals surface area contributed by atoms with E-state index in [0.29, 0.717) is 6.04 Å². The molecule has 1 aromatic rings. The summed E-state index contributed by atoms with van der Waals surface area (Å²) < 4.78 is 1.02. The van der Waals surface area contributed by atoms with Gasteiger partial charge in [0, 0.05) is 23.3 Å². The zero-order valence-corrected chi connectivity index (χ0v) is 10.9. The lowest BCUT2D eigenvalue weighted by Gasteiger charge is -2.26. The highest BCUT2D eigenvalue weighted by Gasteiger charge is 2.17. The molecule has 4 heteroatoms. The van der Waals surface area contributed by atoms with Crippen LogP contribution in [-0.4, -0.2) is 17.6 Å². The van der Waals surface area contributed by atoms with E-state index in [1.807, 2.05) is 18.3 Å². The molecule has 0 atom stereocenters. The minimum absolute atomic E-state index is 0.432. The second-order valence-electron chi connectivity index (χ2n) is 4.52. The normalized spacial score (nSPS) is 25.4. The number of halogens is 1. The van der Waals surface area contributed by atoms with Crippen molar-refractivity contribution in [3.8, 4) is 0 Å². The van der Waals surface area contributed by atoms with Gasteiger partial charge in [0.15, 0.2) is 0 Å². The van der Waals surface area contributed by atoms with Crippen LogP contribution in [0.1, 0.15) is 25.7 Å². The molecule has 1 saturated carbocycles. The van der Waals surface area contributed by atoms with Crippen molar-refractivity contribution in [2.45, 2.75) is 31.7 Å². The van der Waals surface area contributed by atoms with Gasteiger partial charge in [-0.25, -0.2) is 4.98 Å². The van der Waals surface area contributed by atoms with Crippen LogP contribution in [0.2, 0.25) is 0 Å². The number of aromatic nitrogens is 1. The van der Waals surface area contributed by atoms with Gasteiger partial charge in [-0.3, -0.25) is 0 Å². The number of anilines is 1. The molecular weight excluding hydrogens is 266 g/mol. The molecule has 0 spiro atoms. The smallest absolute Gasteiger partial charge is 0.125 e. The molecule has 3 nitrogen and oxygen atoms in total. The van der Waals surface area contributed by atoms with Crippen molar-refractivity contribution in [3.05, 3.63) is 22.8 Å². The molecule has 1 fully saturated rings. The van der Waals surface area contributed by atoms with E-state index in [1.54, 1.807) is 0 Å². The van der Waals surface area contributed by atoms with Crippen LogP contribution in [0.3, 0.4) is 0 Å². The van der Waals surface area contributed by atoms with Gasteiger partial charge in [0.05, 0.1) is 0 Å². The van der Waals surface area contributed by atoms with E-state index in [9.17, 15) is 0 Å². The number of hydrogen-bond donors (Lipinski definition) is 2. The summed E-state index contributed by atoms with van der Waals surface area (Å²) in [6.45, 7) is 1.02. The summed E-state index contributed by atoms with van der Waals surface area (Å²) >= 11 is 3.38. The Labute approximate surface area is 105 Å². The first-order chi connectivity index (χ1) is 7.74. The second-order valence-corrected chi connectivity index (χ2v) is 5.44. The average Bonchev–Trinajstić information content (AvgIpc) is 2.30. The van der Waals surface area contributed by atoms with Crippen molar-refractivity contribution >= 4 is 21.7 Å². The Morgan fingerprint density at radius 3 is 2.69 bits per heavy atom. The molecule has 16 heavy (non-hydrogen) atoms. The Bertz CT molecular complexity index is 318. The van der Waals surface area contributed by atoms with Crippen molar-refractivity contribution in [2.75, 3.05) is 11.9 Å². The monoisotopic (exact) mass is 283 g/mol. The maximum Gasteiger partial charge on any atom is 0.125 e. The standard InChI is InChI=1S/C12H18BrN3/c13-10-3-6-12(16-8-10)15-7-9-1-4-11(14)5-2-9/h3,6,8-9,11H,1-2,4-5,7,14H2,(H,15,16). The van der Waals surface area contributed by atoms with Crippen molar-refractivity contribution in [3.63, 3.8) is 0 Å². The Hall–Kier alpha value is -0.610. The lowest BCUT2D eigenvalue weighted by Crippen LogP contribution is -2.29. The fraction of sp³-hybridized carbons (Fsp3) is 0.583. The van der Waals surface area contributed by atoms with Gasteiger partial charge in [0.25, 0.3) is 0 Å². The van der Waals surface area contributed by atoms with Gasteiger partial charge in [-0.05, 0) is 59.7 Å². The van der Waals surface area contributed by atoms with Crippen LogP contribution in [-0.2, 0) is 0 Å². The van der Waals surface area contributed by atoms with Crippen LogP contribution < -0.4 is 11.1 Å². The highest BCUT2D eigenvalue weighted by Crippen LogP contribution is 2.23. The minimum atomic E-state index is 0.432. The van der Waals surface area contributed by atoms with Crippen molar-refractivity contribution in [2.24, 2.45) is 11.7 Å². The molecule has 0 saturated heterocycles. The number of nitrogens with zero attached hydrogens (tertiary/aromatic N) is 1. The van der Waals surface area contributed by atoms with E-state index in [-0.39, 0.29) is 0 Å². The van der Waals surface area contributed by atoms with E-state index in [4.69, 9.17) is 5.73 Å². The van der Waals surface area contributed by atoms with Gasteiger partial charge in [0.2, 0.25) is 0 Å². The summed E-state index contributed by atoms with van der Waals surface area (Å²) in [5.74, 6) is 1.71. The highest BCUT2D eigenvalue weighted by atomic mass is 79.9. The Kier molecular flexibility index (Phi) is 4.18. The molecule has 0 unspecified atom stereocenters. The summed E-state index contributed by atoms with van der Waals surface area (Å²) in [4.78, 5) is 4.29. The summed E-state index contributed by atoms with van der Waals surface area (Å²) in [6, 6.07) is 4.44. The third-order valence-corrected chi connectivity index (χ3v) is 3.66. The van der Waals surface area contributed by atoms with Crippen LogP contribution in [0.25, 0.3) is 0 Å². The van der Waals surface area contributed by atoms with Crippen molar-refractivity contribution < 1.29 is 0 Å². The molecule has 0 radical (unpaired) electrons. The van der Waals surface area contributed by atoms with Crippen LogP contribution in [0.15, 0.2) is 22.8 Å². The quantitative estimate of drug-likeness (QED) is 0.897. The van der Waals surface area contributed by atoms with Crippen molar-refractivity contribution in [1.29, 1.82) is 0 Å². The van der Waals surface area contributed by atoms with Gasteiger partial charge in [-0.15, -0.1) is 0 Å². The minimum Gasteiger partial charge on any atom is -0.370 e. The topological polar surface area (TPSA) is 50.9 Å². The Morgan fingerprint density at radius 2 is 2.06 bits per heavy atom. The lowest BCUT2D eigenvalue weighted by atomic mass is 9.86. The largest absolute Gasteiger partial charge is 0.370 e. The molecule has 0 aliphatic heterocycles. The van der Waals surface area contributed by atoms with Crippen LogP contribution in [0.4, 0.5) is 5.82 Å². The summed E-state index contributed by atoms with van der Waals surface area (Å²) in [5, 5.41) is 3.38. The SMILES string of the molecule is NC1CCC(CNc2ccc(Br)cn2)CC1. The number of rotatable bonds is 3. The van der Waals surface area contributed by atoms with E-state index >= 15 is 0 Å². The van der Waals surface area contributed by atoms with Crippen LogP contribution in [0, 0.1) is 5.92 Å². The van der Waals surface area contributed by atoms with E-state index in [1.165, 1.54) is 25.7 Å². The van der Waals surface area contributed by atoms with Gasteiger partial charge in [-0.1, -0.05) is 0 Å². The third-order valence-electron chi connectivity index (χ3n) is 3.19. The molecule has 3 N–H and O–H groups in total. The maximum atomic E-state index is 5.88. The third kappa shape index (κ3) is 3.46. The lowest BCUT2D eigenvalue weighted by molar-refractivity contribution is 0.338. The Morgan fingerprint density at radius 1 is 1.31 bits per heavy atom. The average molecular weight is 284 g/mol. The van der Waals surface area contributed by atoms with E-state index in [2.05, 4.69) is 26.2 Å². The molecular formula is C12H18BrN3. The Balaban J connectivity index is 1.77. The predicted octanol–water partition coefficient (Wildman–Crippen LogP) is 2.77. The van der Waals surface area contributed by atoms with Gasteiger partial charge in [0.1, 0.15) is 5.82 Å². The van der Waals surface area contributed by atoms with Gasteiger partial charge in [-0.2, -0.15) is 0 Å². The molecule has 1 heterocycles. The van der Waals surface area contributed by atoms with Crippen LogP contribution in [0.5, 0.6) is 0 Å². The summed E-state index contributed by atoms with van der Waals surface area (Å²) in [5.41, 5.74) is 5.88. The number of nitrogens with two attached hydrogens (primary N) is 1. The first kappa shape index (κ1) is 11.9.